The van der Waals surface area contributed by atoms with E-state index in [1.807, 2.05) is 36.4 Å². The van der Waals surface area contributed by atoms with Gasteiger partial charge in [0.05, 0.1) is 26.4 Å². The minimum absolute atomic E-state index is 0.0444. The summed E-state index contributed by atoms with van der Waals surface area (Å²) in [7, 11) is 1.61. The van der Waals surface area contributed by atoms with Crippen LogP contribution in [0.5, 0.6) is 5.75 Å². The summed E-state index contributed by atoms with van der Waals surface area (Å²) in [5.41, 5.74) is -0.0444. The lowest BCUT2D eigenvalue weighted by Gasteiger charge is -2.18. The largest absolute Gasteiger partial charge is 0.482 e. The Morgan fingerprint density at radius 2 is 1.56 bits per heavy atom. The maximum absolute atomic E-state index is 13.0. The standard InChI is InChI=1S/C35H44O9S/c1-39-19-20-40-21-22-41-24-33(36)43-26-11-5-3-2-4-6-12-27(14-8-7-13-26)44-34(37)25-42-28-17-18-32-30(23-28)35(38)29-15-9-10-16-31(29)45-32/h9-11,15-18,23,27H,2-8,12-14,19-22,24-25H2,1H3/b26-11+. The fourth-order valence-corrected chi connectivity index (χ4v) is 6.24. The van der Waals surface area contributed by atoms with Gasteiger partial charge in [-0.25, -0.2) is 9.59 Å². The van der Waals surface area contributed by atoms with Crippen LogP contribution in [0.4, 0.5) is 0 Å². The molecule has 2 aromatic carbocycles. The average Bonchev–Trinajstić information content (AvgIpc) is 3.06. The van der Waals surface area contributed by atoms with Crippen LogP contribution >= 0.6 is 11.3 Å². The number of allylic oxidation sites excluding steroid dienone is 2. The van der Waals surface area contributed by atoms with E-state index < -0.39 is 11.9 Å². The van der Waals surface area contributed by atoms with Crippen LogP contribution in [0.2, 0.25) is 0 Å². The fraction of sp³-hybridized carbons (Fsp3) is 0.514. The average molecular weight is 641 g/mol. The molecule has 1 atom stereocenters. The zero-order chi connectivity index (χ0) is 31.7. The molecule has 244 valence electrons. The van der Waals surface area contributed by atoms with Crippen molar-refractivity contribution in [3.05, 3.63) is 64.5 Å². The number of carbonyl (C=O) groups excluding carboxylic acids is 2. The normalized spacial score (nSPS) is 17.8. The summed E-state index contributed by atoms with van der Waals surface area (Å²) >= 11 is 1.55. The molecule has 0 saturated carbocycles. The second-order valence-electron chi connectivity index (χ2n) is 11.0. The number of methoxy groups -OCH3 is 1. The van der Waals surface area contributed by atoms with Crippen molar-refractivity contribution in [3.8, 4) is 5.75 Å². The Hall–Kier alpha value is -3.31. The number of esters is 2. The molecule has 10 heteroatoms. The topological polar surface area (TPSA) is 107 Å². The molecular formula is C35H44O9S. The van der Waals surface area contributed by atoms with E-state index in [-0.39, 0.29) is 24.7 Å². The highest BCUT2D eigenvalue weighted by atomic mass is 32.1. The van der Waals surface area contributed by atoms with Gasteiger partial charge in [-0.15, -0.1) is 11.3 Å². The predicted molar refractivity (Wildman–Crippen MR) is 175 cm³/mol. The number of ether oxygens (including phenoxy) is 6. The van der Waals surface area contributed by atoms with E-state index in [2.05, 4.69) is 0 Å². The molecular weight excluding hydrogens is 596 g/mol. The predicted octanol–water partition coefficient (Wildman–Crippen LogP) is 6.73. The molecule has 1 aliphatic rings. The smallest absolute Gasteiger partial charge is 0.344 e. The van der Waals surface area contributed by atoms with E-state index in [4.69, 9.17) is 28.4 Å². The van der Waals surface area contributed by atoms with Gasteiger partial charge in [0.1, 0.15) is 24.2 Å². The molecule has 0 fully saturated rings. The Morgan fingerprint density at radius 3 is 2.42 bits per heavy atom. The van der Waals surface area contributed by atoms with Crippen LogP contribution in [0.25, 0.3) is 20.2 Å². The van der Waals surface area contributed by atoms with Gasteiger partial charge in [0.2, 0.25) is 0 Å². The number of carbonyl (C=O) groups is 2. The van der Waals surface area contributed by atoms with Crippen molar-refractivity contribution in [3.63, 3.8) is 0 Å². The van der Waals surface area contributed by atoms with Crippen LogP contribution in [0, 0.1) is 0 Å². The van der Waals surface area contributed by atoms with E-state index in [1.165, 1.54) is 0 Å². The first-order chi connectivity index (χ1) is 22.0. The van der Waals surface area contributed by atoms with Crippen molar-refractivity contribution in [1.82, 2.24) is 0 Å². The highest BCUT2D eigenvalue weighted by Crippen LogP contribution is 2.27. The third-order valence-electron chi connectivity index (χ3n) is 7.52. The molecule has 0 spiro atoms. The molecule has 4 rings (SSSR count). The summed E-state index contributed by atoms with van der Waals surface area (Å²) in [5, 5.41) is 1.25. The molecule has 1 heterocycles. The van der Waals surface area contributed by atoms with Crippen molar-refractivity contribution in [2.45, 2.75) is 70.3 Å². The van der Waals surface area contributed by atoms with Crippen LogP contribution in [-0.4, -0.2) is 64.8 Å². The van der Waals surface area contributed by atoms with E-state index in [1.54, 1.807) is 30.6 Å². The monoisotopic (exact) mass is 640 g/mol. The Kier molecular flexibility index (Phi) is 14.8. The first-order valence-corrected chi connectivity index (χ1v) is 16.7. The Balaban J connectivity index is 1.22. The molecule has 45 heavy (non-hydrogen) atoms. The van der Waals surface area contributed by atoms with Gasteiger partial charge in [0.15, 0.2) is 12.0 Å². The quantitative estimate of drug-likeness (QED) is 0.114. The highest BCUT2D eigenvalue weighted by Gasteiger charge is 2.17. The lowest BCUT2D eigenvalue weighted by atomic mass is 10.0. The molecule has 0 aliphatic heterocycles. The molecule has 1 unspecified atom stereocenters. The Bertz CT molecular complexity index is 1460. The Labute approximate surface area is 268 Å². The van der Waals surface area contributed by atoms with Crippen LogP contribution in [0.1, 0.15) is 64.2 Å². The lowest BCUT2D eigenvalue weighted by molar-refractivity contribution is -0.152. The number of hydrogen-bond donors (Lipinski definition) is 0. The lowest BCUT2D eigenvalue weighted by Crippen LogP contribution is -2.23. The number of fused-ring (bicyclic) bond motifs is 2. The SMILES string of the molecule is COCCOCCOCC(=O)O/C1=C/CCCCCCC(OC(=O)COc2ccc3sc4ccccc4c(=O)c3c2)CCCC1. The van der Waals surface area contributed by atoms with Gasteiger partial charge in [-0.1, -0.05) is 25.0 Å². The molecule has 0 saturated heterocycles. The summed E-state index contributed by atoms with van der Waals surface area (Å²) in [6, 6.07) is 12.9. The second-order valence-corrected chi connectivity index (χ2v) is 12.1. The second kappa shape index (κ2) is 19.3. The van der Waals surface area contributed by atoms with Gasteiger partial charge in [-0.3, -0.25) is 4.79 Å². The third kappa shape index (κ3) is 11.9. The molecule has 1 aliphatic carbocycles. The van der Waals surface area contributed by atoms with Gasteiger partial charge in [-0.05, 0) is 81.4 Å². The fourth-order valence-electron chi connectivity index (χ4n) is 5.19. The number of hydrogen-bond acceptors (Lipinski definition) is 10. The molecule has 0 N–H and O–H groups in total. The molecule has 9 nitrogen and oxygen atoms in total. The van der Waals surface area contributed by atoms with Gasteiger partial charge < -0.3 is 28.4 Å². The molecule has 3 aromatic rings. The highest BCUT2D eigenvalue weighted by molar-refractivity contribution is 7.24. The summed E-state index contributed by atoms with van der Waals surface area (Å²) in [6.07, 6.45) is 10.5. The van der Waals surface area contributed by atoms with E-state index >= 15 is 0 Å². The van der Waals surface area contributed by atoms with Crippen molar-refractivity contribution in [2.75, 3.05) is 46.8 Å². The molecule has 0 radical (unpaired) electrons. The third-order valence-corrected chi connectivity index (χ3v) is 8.67. The minimum atomic E-state index is -0.424. The van der Waals surface area contributed by atoms with Gasteiger partial charge in [0.25, 0.3) is 0 Å². The summed E-state index contributed by atoms with van der Waals surface area (Å²) in [6.45, 7) is 1.35. The summed E-state index contributed by atoms with van der Waals surface area (Å²) < 4.78 is 34.6. The van der Waals surface area contributed by atoms with Crippen LogP contribution in [0.3, 0.4) is 0 Å². The zero-order valence-electron chi connectivity index (χ0n) is 26.1. The molecule has 0 bridgehead atoms. The molecule has 0 amide bonds. The first kappa shape index (κ1) is 34.6. The first-order valence-electron chi connectivity index (χ1n) is 15.9. The van der Waals surface area contributed by atoms with Gasteiger partial charge in [-0.2, -0.15) is 0 Å². The van der Waals surface area contributed by atoms with E-state index in [0.29, 0.717) is 55.1 Å². The zero-order valence-corrected chi connectivity index (χ0v) is 26.9. The van der Waals surface area contributed by atoms with Gasteiger partial charge >= 0.3 is 11.9 Å². The van der Waals surface area contributed by atoms with Crippen LogP contribution in [-0.2, 0) is 33.3 Å². The maximum atomic E-state index is 13.0. The minimum Gasteiger partial charge on any atom is -0.482 e. The Morgan fingerprint density at radius 1 is 0.800 bits per heavy atom. The maximum Gasteiger partial charge on any atom is 0.344 e. The summed E-state index contributed by atoms with van der Waals surface area (Å²) in [5.74, 6) is 0.294. The van der Waals surface area contributed by atoms with Gasteiger partial charge in [0, 0.05) is 33.7 Å². The van der Waals surface area contributed by atoms with E-state index in [9.17, 15) is 14.4 Å². The summed E-state index contributed by atoms with van der Waals surface area (Å²) in [4.78, 5) is 38.1. The van der Waals surface area contributed by atoms with Crippen LogP contribution in [0.15, 0.2) is 59.1 Å². The number of benzene rings is 2. The van der Waals surface area contributed by atoms with Crippen molar-refractivity contribution < 1.29 is 38.0 Å². The van der Waals surface area contributed by atoms with Crippen LogP contribution < -0.4 is 10.2 Å². The van der Waals surface area contributed by atoms with Crippen molar-refractivity contribution in [2.24, 2.45) is 0 Å². The number of rotatable bonds is 13. The van der Waals surface area contributed by atoms with Crippen molar-refractivity contribution in [1.29, 1.82) is 0 Å². The molecule has 1 aromatic heterocycles. The van der Waals surface area contributed by atoms with E-state index in [0.717, 1.165) is 67.2 Å². The van der Waals surface area contributed by atoms with Crippen molar-refractivity contribution >= 4 is 43.4 Å².